The smallest absolute Gasteiger partial charge is 0.156 e. The van der Waals surface area contributed by atoms with Crippen molar-refractivity contribution >= 4 is 11.6 Å². The Morgan fingerprint density at radius 3 is 3.18 bits per heavy atom. The van der Waals surface area contributed by atoms with Crippen molar-refractivity contribution < 1.29 is 9.13 Å². The molecule has 2 rings (SSSR count). The molecular formula is C12H12ClFN2O. The Morgan fingerprint density at radius 2 is 2.41 bits per heavy atom. The lowest BCUT2D eigenvalue weighted by molar-refractivity contribution is -0.00304. The Hall–Kier alpha value is -1.15. The molecule has 0 bridgehead atoms. The molecule has 1 heterocycles. The Labute approximate surface area is 104 Å². The number of benzene rings is 1. The van der Waals surface area contributed by atoms with E-state index in [-0.39, 0.29) is 10.8 Å². The number of morpholine rings is 1. The van der Waals surface area contributed by atoms with Gasteiger partial charge in [0.05, 0.1) is 17.7 Å². The van der Waals surface area contributed by atoms with E-state index in [9.17, 15) is 4.39 Å². The highest BCUT2D eigenvalue weighted by atomic mass is 35.5. The van der Waals surface area contributed by atoms with Crippen molar-refractivity contribution in [3.8, 4) is 6.07 Å². The van der Waals surface area contributed by atoms with Gasteiger partial charge >= 0.3 is 0 Å². The summed E-state index contributed by atoms with van der Waals surface area (Å²) in [4.78, 5) is 1.99. The monoisotopic (exact) mass is 254 g/mol. The predicted molar refractivity (Wildman–Crippen MR) is 62.0 cm³/mol. The molecule has 90 valence electrons. The molecule has 0 saturated carbocycles. The quantitative estimate of drug-likeness (QED) is 0.812. The standard InChI is InChI=1S/C12H12ClFN2O/c13-11-3-1-2-9(12(11)14)7-16-4-5-17-10(6-15)8-16/h1-3,10H,4-5,7-8H2. The number of rotatable bonds is 2. The van der Waals surface area contributed by atoms with E-state index in [1.165, 1.54) is 6.07 Å². The third-order valence-electron chi connectivity index (χ3n) is 2.72. The lowest BCUT2D eigenvalue weighted by Crippen LogP contribution is -2.41. The first-order chi connectivity index (χ1) is 8.20. The molecule has 1 fully saturated rings. The van der Waals surface area contributed by atoms with Crippen molar-refractivity contribution in [2.75, 3.05) is 19.7 Å². The minimum absolute atomic E-state index is 0.132. The highest BCUT2D eigenvalue weighted by molar-refractivity contribution is 6.30. The molecule has 1 unspecified atom stereocenters. The van der Waals surface area contributed by atoms with E-state index >= 15 is 0 Å². The summed E-state index contributed by atoms with van der Waals surface area (Å²) in [7, 11) is 0. The van der Waals surface area contributed by atoms with Gasteiger partial charge in [0.1, 0.15) is 5.82 Å². The number of hydrogen-bond donors (Lipinski definition) is 0. The third-order valence-corrected chi connectivity index (χ3v) is 3.01. The maximum atomic E-state index is 13.7. The Balaban J connectivity index is 2.06. The second-order valence-electron chi connectivity index (χ2n) is 3.94. The molecule has 1 aromatic carbocycles. The van der Waals surface area contributed by atoms with Gasteiger partial charge in [-0.2, -0.15) is 5.26 Å². The van der Waals surface area contributed by atoms with E-state index < -0.39 is 6.10 Å². The maximum Gasteiger partial charge on any atom is 0.156 e. The van der Waals surface area contributed by atoms with Crippen molar-refractivity contribution in [3.63, 3.8) is 0 Å². The summed E-state index contributed by atoms with van der Waals surface area (Å²) in [5, 5.41) is 8.91. The van der Waals surface area contributed by atoms with E-state index in [2.05, 4.69) is 6.07 Å². The second kappa shape index (κ2) is 5.46. The van der Waals surface area contributed by atoms with Crippen LogP contribution in [0.15, 0.2) is 18.2 Å². The van der Waals surface area contributed by atoms with Crippen LogP contribution in [-0.2, 0) is 11.3 Å². The lowest BCUT2D eigenvalue weighted by Gasteiger charge is -2.29. The van der Waals surface area contributed by atoms with E-state index in [0.717, 1.165) is 0 Å². The zero-order chi connectivity index (χ0) is 12.3. The van der Waals surface area contributed by atoms with Crippen molar-refractivity contribution in [1.29, 1.82) is 5.26 Å². The number of halogens is 2. The van der Waals surface area contributed by atoms with E-state index in [4.69, 9.17) is 21.6 Å². The molecule has 17 heavy (non-hydrogen) atoms. The van der Waals surface area contributed by atoms with Gasteiger partial charge < -0.3 is 4.74 Å². The van der Waals surface area contributed by atoms with Crippen LogP contribution in [0.3, 0.4) is 0 Å². The molecule has 0 N–H and O–H groups in total. The topological polar surface area (TPSA) is 36.3 Å². The van der Waals surface area contributed by atoms with Crippen LogP contribution >= 0.6 is 11.6 Å². The van der Waals surface area contributed by atoms with E-state index in [0.29, 0.717) is 31.8 Å². The minimum Gasteiger partial charge on any atom is -0.361 e. The average molecular weight is 255 g/mol. The zero-order valence-corrected chi connectivity index (χ0v) is 9.95. The summed E-state index contributed by atoms with van der Waals surface area (Å²) < 4.78 is 18.9. The van der Waals surface area contributed by atoms with Crippen LogP contribution in [-0.4, -0.2) is 30.7 Å². The summed E-state index contributed by atoms with van der Waals surface area (Å²) in [5.74, 6) is -0.380. The van der Waals surface area contributed by atoms with Crippen LogP contribution in [0.2, 0.25) is 5.02 Å². The molecule has 1 aliphatic heterocycles. The molecule has 1 aliphatic rings. The summed E-state index contributed by atoms with van der Waals surface area (Å²) in [5.41, 5.74) is 0.552. The Bertz CT molecular complexity index is 447. The van der Waals surface area contributed by atoms with Gasteiger partial charge in [-0.15, -0.1) is 0 Å². The number of nitriles is 1. The second-order valence-corrected chi connectivity index (χ2v) is 4.34. The number of hydrogen-bond acceptors (Lipinski definition) is 3. The molecule has 0 amide bonds. The fourth-order valence-electron chi connectivity index (χ4n) is 1.84. The first-order valence-corrected chi connectivity index (χ1v) is 5.75. The molecule has 1 atom stereocenters. The molecule has 1 aromatic rings. The van der Waals surface area contributed by atoms with Gasteiger partial charge in [0.2, 0.25) is 0 Å². The largest absolute Gasteiger partial charge is 0.361 e. The van der Waals surface area contributed by atoms with Crippen LogP contribution < -0.4 is 0 Å². The van der Waals surface area contributed by atoms with Crippen molar-refractivity contribution in [2.45, 2.75) is 12.6 Å². The molecule has 0 aliphatic carbocycles. The van der Waals surface area contributed by atoms with Gasteiger partial charge in [0, 0.05) is 25.2 Å². The minimum atomic E-state index is -0.425. The third kappa shape index (κ3) is 2.95. The lowest BCUT2D eigenvalue weighted by atomic mass is 10.2. The summed E-state index contributed by atoms with van der Waals surface area (Å²) in [6.07, 6.45) is -0.425. The highest BCUT2D eigenvalue weighted by Crippen LogP contribution is 2.20. The van der Waals surface area contributed by atoms with Crippen LogP contribution in [0.1, 0.15) is 5.56 Å². The normalized spacial score (nSPS) is 21.1. The van der Waals surface area contributed by atoms with Gasteiger partial charge in [0.25, 0.3) is 0 Å². The van der Waals surface area contributed by atoms with Gasteiger partial charge in [-0.1, -0.05) is 23.7 Å². The summed E-state index contributed by atoms with van der Waals surface area (Å²) >= 11 is 5.72. The number of nitrogens with zero attached hydrogens (tertiary/aromatic N) is 2. The van der Waals surface area contributed by atoms with Gasteiger partial charge in [0.15, 0.2) is 6.10 Å². The van der Waals surface area contributed by atoms with Gasteiger partial charge in [-0.05, 0) is 6.07 Å². The fourth-order valence-corrected chi connectivity index (χ4v) is 2.03. The Morgan fingerprint density at radius 1 is 1.59 bits per heavy atom. The average Bonchev–Trinajstić information content (AvgIpc) is 2.35. The van der Waals surface area contributed by atoms with Crippen LogP contribution in [0, 0.1) is 17.1 Å². The SMILES string of the molecule is N#CC1CN(Cc2cccc(Cl)c2F)CCO1. The highest BCUT2D eigenvalue weighted by Gasteiger charge is 2.21. The first kappa shape index (κ1) is 12.3. The van der Waals surface area contributed by atoms with Crippen molar-refractivity contribution in [2.24, 2.45) is 0 Å². The first-order valence-electron chi connectivity index (χ1n) is 5.37. The summed E-state index contributed by atoms with van der Waals surface area (Å²) in [6, 6.07) is 7.02. The summed E-state index contributed by atoms with van der Waals surface area (Å²) in [6.45, 7) is 2.15. The van der Waals surface area contributed by atoms with Crippen molar-refractivity contribution in [3.05, 3.63) is 34.6 Å². The fraction of sp³-hybridized carbons (Fsp3) is 0.417. The molecule has 5 heteroatoms. The molecule has 0 aromatic heterocycles. The van der Waals surface area contributed by atoms with Gasteiger partial charge in [-0.25, -0.2) is 4.39 Å². The van der Waals surface area contributed by atoms with Gasteiger partial charge in [-0.3, -0.25) is 4.90 Å². The number of ether oxygens (including phenoxy) is 1. The zero-order valence-electron chi connectivity index (χ0n) is 9.20. The van der Waals surface area contributed by atoms with Crippen LogP contribution in [0.5, 0.6) is 0 Å². The maximum absolute atomic E-state index is 13.7. The molecule has 0 radical (unpaired) electrons. The predicted octanol–water partition coefficient (Wildman–Crippen LogP) is 2.20. The molecule has 1 saturated heterocycles. The van der Waals surface area contributed by atoms with Crippen LogP contribution in [0.4, 0.5) is 4.39 Å². The van der Waals surface area contributed by atoms with Crippen molar-refractivity contribution in [1.82, 2.24) is 4.90 Å². The molecular weight excluding hydrogens is 243 g/mol. The molecule has 3 nitrogen and oxygen atoms in total. The van der Waals surface area contributed by atoms with Crippen LogP contribution in [0.25, 0.3) is 0 Å². The molecule has 0 spiro atoms. The van der Waals surface area contributed by atoms with E-state index in [1.807, 2.05) is 4.90 Å². The Kier molecular flexibility index (Phi) is 3.95. The van der Waals surface area contributed by atoms with E-state index in [1.54, 1.807) is 12.1 Å².